The second-order valence-electron chi connectivity index (χ2n) is 6.98. The van der Waals surface area contributed by atoms with Gasteiger partial charge in [-0.2, -0.15) is 4.31 Å². The minimum atomic E-state index is -3.57. The lowest BCUT2D eigenvalue weighted by Gasteiger charge is -2.20. The predicted octanol–water partition coefficient (Wildman–Crippen LogP) is 4.06. The number of carbonyl (C=O) groups excluding carboxylic acids is 1. The zero-order valence-corrected chi connectivity index (χ0v) is 17.7. The van der Waals surface area contributed by atoms with Crippen molar-refractivity contribution in [1.82, 2.24) is 4.31 Å². The highest BCUT2D eigenvalue weighted by molar-refractivity contribution is 7.89. The van der Waals surface area contributed by atoms with Crippen LogP contribution in [0.2, 0.25) is 5.02 Å². The molecular weight excluding hydrogens is 412 g/mol. The summed E-state index contributed by atoms with van der Waals surface area (Å²) in [6.45, 7) is 1.13. The van der Waals surface area contributed by atoms with Crippen LogP contribution in [-0.2, 0) is 26.2 Å². The number of nitrogens with one attached hydrogen (secondary N) is 1. The lowest BCUT2D eigenvalue weighted by atomic mass is 10.2. The molecule has 0 saturated carbocycles. The van der Waals surface area contributed by atoms with Crippen LogP contribution in [0, 0.1) is 0 Å². The standard InChI is InChI=1S/C21H25ClN2O4S/c22-20-11-4-3-8-17(20)15-28-16-21(25)23-18-9-7-10-19(14-18)29(26,27)24-12-5-1-2-6-13-24/h3-4,7-11,14H,1-2,5-6,12-13,15-16H2,(H,23,25). The molecule has 1 N–H and O–H groups in total. The van der Waals surface area contributed by atoms with E-state index in [1.54, 1.807) is 24.3 Å². The Morgan fingerprint density at radius 2 is 1.76 bits per heavy atom. The molecule has 3 rings (SSSR count). The highest BCUT2D eigenvalue weighted by Crippen LogP contribution is 2.23. The molecule has 0 unspecified atom stereocenters. The van der Waals surface area contributed by atoms with Crippen molar-refractivity contribution in [3.8, 4) is 0 Å². The molecule has 0 spiro atoms. The first-order valence-electron chi connectivity index (χ1n) is 9.68. The van der Waals surface area contributed by atoms with Crippen LogP contribution in [0.15, 0.2) is 53.4 Å². The Bertz CT molecular complexity index is 941. The van der Waals surface area contributed by atoms with Crippen LogP contribution < -0.4 is 5.32 Å². The first-order chi connectivity index (χ1) is 14.0. The van der Waals surface area contributed by atoms with E-state index in [0.29, 0.717) is 23.8 Å². The number of amides is 1. The van der Waals surface area contributed by atoms with Gasteiger partial charge < -0.3 is 10.1 Å². The van der Waals surface area contributed by atoms with E-state index in [1.807, 2.05) is 18.2 Å². The summed E-state index contributed by atoms with van der Waals surface area (Å²) in [4.78, 5) is 12.4. The van der Waals surface area contributed by atoms with Crippen molar-refractivity contribution in [2.75, 3.05) is 25.0 Å². The molecule has 8 heteroatoms. The van der Waals surface area contributed by atoms with Gasteiger partial charge in [-0.3, -0.25) is 4.79 Å². The first kappa shape index (κ1) is 21.8. The van der Waals surface area contributed by atoms with Gasteiger partial charge in [0.1, 0.15) is 6.61 Å². The second kappa shape index (κ2) is 10.2. The molecule has 1 aliphatic heterocycles. The number of nitrogens with zero attached hydrogens (tertiary/aromatic N) is 1. The molecule has 1 saturated heterocycles. The molecule has 0 atom stereocenters. The summed E-state index contributed by atoms with van der Waals surface area (Å²) >= 11 is 6.06. The molecule has 2 aromatic rings. The summed E-state index contributed by atoms with van der Waals surface area (Å²) in [5, 5.41) is 3.27. The quantitative estimate of drug-likeness (QED) is 0.710. The number of benzene rings is 2. The van der Waals surface area contributed by atoms with E-state index in [-0.39, 0.29) is 24.0 Å². The van der Waals surface area contributed by atoms with Crippen molar-refractivity contribution in [2.24, 2.45) is 0 Å². The lowest BCUT2D eigenvalue weighted by molar-refractivity contribution is -0.121. The zero-order chi connectivity index (χ0) is 20.7. The van der Waals surface area contributed by atoms with Gasteiger partial charge in [-0.1, -0.05) is 48.7 Å². The minimum Gasteiger partial charge on any atom is -0.367 e. The Morgan fingerprint density at radius 3 is 2.48 bits per heavy atom. The van der Waals surface area contributed by atoms with Crippen LogP contribution in [0.1, 0.15) is 31.2 Å². The second-order valence-corrected chi connectivity index (χ2v) is 9.32. The first-order valence-corrected chi connectivity index (χ1v) is 11.5. The smallest absolute Gasteiger partial charge is 0.250 e. The Hall–Kier alpha value is -1.93. The van der Waals surface area contributed by atoms with Gasteiger partial charge in [-0.15, -0.1) is 0 Å². The fourth-order valence-electron chi connectivity index (χ4n) is 3.23. The van der Waals surface area contributed by atoms with Crippen molar-refractivity contribution in [1.29, 1.82) is 0 Å². The molecule has 0 bridgehead atoms. The van der Waals surface area contributed by atoms with Crippen molar-refractivity contribution in [3.63, 3.8) is 0 Å². The van der Waals surface area contributed by atoms with Crippen molar-refractivity contribution in [3.05, 3.63) is 59.1 Å². The number of ether oxygens (including phenoxy) is 1. The third-order valence-corrected chi connectivity index (χ3v) is 7.03. The average Bonchev–Trinajstić information content (AvgIpc) is 3.00. The van der Waals surface area contributed by atoms with Crippen LogP contribution in [-0.4, -0.2) is 38.3 Å². The lowest BCUT2D eigenvalue weighted by Crippen LogP contribution is -2.32. The maximum Gasteiger partial charge on any atom is 0.250 e. The number of rotatable bonds is 7. The molecular formula is C21H25ClN2O4S. The van der Waals surface area contributed by atoms with Gasteiger partial charge >= 0.3 is 0 Å². The molecule has 29 heavy (non-hydrogen) atoms. The monoisotopic (exact) mass is 436 g/mol. The number of hydrogen-bond acceptors (Lipinski definition) is 4. The van der Waals surface area contributed by atoms with E-state index in [4.69, 9.17) is 16.3 Å². The Labute approximate surface area is 176 Å². The largest absolute Gasteiger partial charge is 0.367 e. The molecule has 2 aromatic carbocycles. The van der Waals surface area contributed by atoms with Crippen LogP contribution in [0.5, 0.6) is 0 Å². The zero-order valence-electron chi connectivity index (χ0n) is 16.1. The van der Waals surface area contributed by atoms with E-state index in [0.717, 1.165) is 31.2 Å². The summed E-state index contributed by atoms with van der Waals surface area (Å²) in [6.07, 6.45) is 3.85. The highest BCUT2D eigenvalue weighted by atomic mass is 35.5. The van der Waals surface area contributed by atoms with Crippen LogP contribution in [0.3, 0.4) is 0 Å². The van der Waals surface area contributed by atoms with Crippen LogP contribution in [0.4, 0.5) is 5.69 Å². The van der Waals surface area contributed by atoms with Crippen molar-refractivity contribution in [2.45, 2.75) is 37.2 Å². The van der Waals surface area contributed by atoms with E-state index >= 15 is 0 Å². The van der Waals surface area contributed by atoms with E-state index in [9.17, 15) is 13.2 Å². The molecule has 156 valence electrons. The van der Waals surface area contributed by atoms with Gasteiger partial charge in [0.15, 0.2) is 0 Å². The van der Waals surface area contributed by atoms with E-state index in [1.165, 1.54) is 10.4 Å². The molecule has 1 fully saturated rings. The van der Waals surface area contributed by atoms with E-state index in [2.05, 4.69) is 5.32 Å². The third-order valence-electron chi connectivity index (χ3n) is 4.77. The minimum absolute atomic E-state index is 0.158. The van der Waals surface area contributed by atoms with Gasteiger partial charge in [0, 0.05) is 23.8 Å². The fraction of sp³-hybridized carbons (Fsp3) is 0.381. The number of carbonyl (C=O) groups is 1. The molecule has 1 amide bonds. The molecule has 1 aliphatic rings. The van der Waals surface area contributed by atoms with Gasteiger partial charge in [-0.25, -0.2) is 8.42 Å². The molecule has 1 heterocycles. The Kier molecular flexibility index (Phi) is 7.66. The predicted molar refractivity (Wildman–Crippen MR) is 113 cm³/mol. The maximum atomic E-state index is 12.9. The molecule has 0 aromatic heterocycles. The summed E-state index contributed by atoms with van der Waals surface area (Å²) in [5.74, 6) is -0.360. The number of hydrogen-bond donors (Lipinski definition) is 1. The highest BCUT2D eigenvalue weighted by Gasteiger charge is 2.25. The van der Waals surface area contributed by atoms with Gasteiger partial charge in [0.05, 0.1) is 11.5 Å². The van der Waals surface area contributed by atoms with E-state index < -0.39 is 10.0 Å². The summed E-state index contributed by atoms with van der Waals surface area (Å²) < 4.78 is 32.8. The van der Waals surface area contributed by atoms with Crippen molar-refractivity contribution < 1.29 is 17.9 Å². The SMILES string of the molecule is O=C(COCc1ccccc1Cl)Nc1cccc(S(=O)(=O)N2CCCCCC2)c1. The fourth-order valence-corrected chi connectivity index (χ4v) is 4.99. The summed E-state index contributed by atoms with van der Waals surface area (Å²) in [5.41, 5.74) is 1.22. The van der Waals surface area contributed by atoms with Gasteiger partial charge in [0.2, 0.25) is 15.9 Å². The average molecular weight is 437 g/mol. The molecule has 0 aliphatic carbocycles. The Morgan fingerprint density at radius 1 is 1.03 bits per heavy atom. The van der Waals surface area contributed by atoms with Crippen LogP contribution in [0.25, 0.3) is 0 Å². The molecule has 6 nitrogen and oxygen atoms in total. The third kappa shape index (κ3) is 6.02. The Balaban J connectivity index is 1.59. The summed E-state index contributed by atoms with van der Waals surface area (Å²) in [6, 6.07) is 13.6. The van der Waals surface area contributed by atoms with Crippen LogP contribution >= 0.6 is 11.6 Å². The van der Waals surface area contributed by atoms with Crippen molar-refractivity contribution >= 4 is 33.2 Å². The van der Waals surface area contributed by atoms with Gasteiger partial charge in [0.25, 0.3) is 0 Å². The topological polar surface area (TPSA) is 75.7 Å². The number of halogens is 1. The molecule has 0 radical (unpaired) electrons. The maximum absolute atomic E-state index is 12.9. The summed E-state index contributed by atoms with van der Waals surface area (Å²) in [7, 11) is -3.57. The normalized spacial score (nSPS) is 15.6. The number of sulfonamides is 1. The van der Waals surface area contributed by atoms with Gasteiger partial charge in [-0.05, 0) is 42.7 Å². The number of anilines is 1.